The molecule has 340 valence electrons. The molecule has 0 aliphatic heterocycles. The second kappa shape index (κ2) is 47.8. The molecule has 0 aromatic rings. The van der Waals surface area contributed by atoms with Gasteiger partial charge in [-0.25, -0.2) is 0 Å². The maximum Gasteiger partial charge on any atom is 0.306 e. The Morgan fingerprint density at radius 1 is 0.356 bits per heavy atom. The fraction of sp³-hybridized carbons (Fsp3) is 0.755. The Kier molecular flexibility index (Phi) is 45.4. The van der Waals surface area contributed by atoms with Gasteiger partial charge in [0.25, 0.3) is 0 Å². The largest absolute Gasteiger partial charge is 0.462 e. The van der Waals surface area contributed by atoms with Gasteiger partial charge in [-0.2, -0.15) is 0 Å². The molecular formula is C53H92O6. The molecule has 0 rings (SSSR count). The standard InChI is InChI=1S/C53H92O6/c1-4-7-10-13-16-19-21-23-25-27-29-31-34-37-40-43-46-52(55)58-49-50(48-57-51(54)45-42-39-36-33-18-15-12-9-6-3)59-53(56)47-44-41-38-35-32-30-28-26-24-22-20-17-14-11-8-5-2/h7,9-10,12,16,18-19,23,25,33,50H,4-6,8,11,13-15,17,20-22,24,26-32,34-49H2,1-3H3/b10-7-,12-9-,19-16-,25-23-,33-18-. The average molecular weight is 825 g/mol. The Labute approximate surface area is 364 Å². The summed E-state index contributed by atoms with van der Waals surface area (Å²) >= 11 is 0. The van der Waals surface area contributed by atoms with E-state index < -0.39 is 6.10 Å². The van der Waals surface area contributed by atoms with Crippen molar-refractivity contribution >= 4 is 17.9 Å². The summed E-state index contributed by atoms with van der Waals surface area (Å²) < 4.78 is 16.7. The van der Waals surface area contributed by atoms with E-state index in [4.69, 9.17) is 14.2 Å². The SMILES string of the molecule is CC/C=C\C/C=C\C/C=C\CCCCCCCCC(=O)OCC(COC(=O)CCCC/C=C\C/C=C\CC)OC(=O)CCCCCCCCCCCCCCCCCC. The number of hydrogen-bond donors (Lipinski definition) is 0. The molecule has 1 unspecified atom stereocenters. The van der Waals surface area contributed by atoms with E-state index in [0.717, 1.165) is 96.3 Å². The van der Waals surface area contributed by atoms with E-state index in [1.54, 1.807) is 0 Å². The van der Waals surface area contributed by atoms with Crippen LogP contribution in [-0.2, 0) is 28.6 Å². The molecule has 6 nitrogen and oxygen atoms in total. The number of carbonyl (C=O) groups is 3. The van der Waals surface area contributed by atoms with Crippen molar-refractivity contribution in [2.75, 3.05) is 13.2 Å². The number of unbranched alkanes of at least 4 members (excludes halogenated alkanes) is 23. The molecule has 0 bridgehead atoms. The molecule has 59 heavy (non-hydrogen) atoms. The second-order valence-electron chi connectivity index (χ2n) is 16.3. The van der Waals surface area contributed by atoms with Crippen LogP contribution < -0.4 is 0 Å². The first-order chi connectivity index (χ1) is 29.0. The van der Waals surface area contributed by atoms with Crippen molar-refractivity contribution < 1.29 is 28.6 Å². The third-order valence-corrected chi connectivity index (χ3v) is 10.5. The maximum absolute atomic E-state index is 12.8. The molecule has 6 heteroatoms. The average Bonchev–Trinajstić information content (AvgIpc) is 3.23. The lowest BCUT2D eigenvalue weighted by molar-refractivity contribution is -0.167. The molecule has 0 saturated heterocycles. The lowest BCUT2D eigenvalue weighted by Crippen LogP contribution is -2.30. The van der Waals surface area contributed by atoms with Gasteiger partial charge in [0, 0.05) is 19.3 Å². The Balaban J connectivity index is 4.35. The lowest BCUT2D eigenvalue weighted by atomic mass is 10.0. The fourth-order valence-electron chi connectivity index (χ4n) is 6.85. The van der Waals surface area contributed by atoms with Gasteiger partial charge < -0.3 is 14.2 Å². The number of rotatable bonds is 44. The van der Waals surface area contributed by atoms with Crippen LogP contribution in [0.5, 0.6) is 0 Å². The van der Waals surface area contributed by atoms with Crippen LogP contribution in [0.3, 0.4) is 0 Å². The highest BCUT2D eigenvalue weighted by Crippen LogP contribution is 2.15. The minimum absolute atomic E-state index is 0.0900. The monoisotopic (exact) mass is 825 g/mol. The molecule has 0 radical (unpaired) electrons. The molecule has 0 N–H and O–H groups in total. The zero-order valence-electron chi connectivity index (χ0n) is 38.8. The van der Waals surface area contributed by atoms with Gasteiger partial charge in [-0.15, -0.1) is 0 Å². The van der Waals surface area contributed by atoms with Crippen LogP contribution >= 0.6 is 0 Å². The quantitative estimate of drug-likeness (QED) is 0.0263. The number of carbonyl (C=O) groups excluding carboxylic acids is 3. The van der Waals surface area contributed by atoms with Crippen molar-refractivity contribution in [2.45, 2.75) is 245 Å². The topological polar surface area (TPSA) is 78.9 Å². The Bertz CT molecular complexity index is 1090. The predicted octanol–water partition coefficient (Wildman–Crippen LogP) is 16.1. The molecule has 0 saturated carbocycles. The molecule has 0 aliphatic rings. The van der Waals surface area contributed by atoms with Gasteiger partial charge in [-0.05, 0) is 77.0 Å². The highest BCUT2D eigenvalue weighted by atomic mass is 16.6. The van der Waals surface area contributed by atoms with Crippen LogP contribution in [0.25, 0.3) is 0 Å². The van der Waals surface area contributed by atoms with Gasteiger partial charge in [0.05, 0.1) is 0 Å². The fourth-order valence-corrected chi connectivity index (χ4v) is 6.85. The van der Waals surface area contributed by atoms with Crippen molar-refractivity contribution in [1.82, 2.24) is 0 Å². The van der Waals surface area contributed by atoms with Crippen molar-refractivity contribution in [1.29, 1.82) is 0 Å². The Morgan fingerprint density at radius 3 is 1.07 bits per heavy atom. The summed E-state index contributed by atoms with van der Waals surface area (Å²) in [6.07, 6.45) is 57.9. The minimum atomic E-state index is -0.788. The summed E-state index contributed by atoms with van der Waals surface area (Å²) in [7, 11) is 0. The first-order valence-corrected chi connectivity index (χ1v) is 24.8. The number of hydrogen-bond acceptors (Lipinski definition) is 6. The zero-order chi connectivity index (χ0) is 43.0. The Morgan fingerprint density at radius 2 is 0.661 bits per heavy atom. The first-order valence-electron chi connectivity index (χ1n) is 24.8. The summed E-state index contributed by atoms with van der Waals surface area (Å²) in [6.45, 7) is 6.37. The van der Waals surface area contributed by atoms with Crippen molar-refractivity contribution in [2.24, 2.45) is 0 Å². The highest BCUT2D eigenvalue weighted by Gasteiger charge is 2.19. The molecule has 1 atom stereocenters. The summed E-state index contributed by atoms with van der Waals surface area (Å²) in [5, 5.41) is 0. The summed E-state index contributed by atoms with van der Waals surface area (Å²) in [4.78, 5) is 37.8. The molecule has 0 fully saturated rings. The van der Waals surface area contributed by atoms with E-state index in [2.05, 4.69) is 81.5 Å². The lowest BCUT2D eigenvalue weighted by Gasteiger charge is -2.18. The van der Waals surface area contributed by atoms with Gasteiger partial charge in [-0.1, -0.05) is 204 Å². The normalized spacial score (nSPS) is 12.5. The molecule has 0 aromatic carbocycles. The zero-order valence-corrected chi connectivity index (χ0v) is 38.8. The van der Waals surface area contributed by atoms with E-state index in [-0.39, 0.29) is 31.1 Å². The molecule has 0 amide bonds. The van der Waals surface area contributed by atoms with Crippen LogP contribution in [-0.4, -0.2) is 37.2 Å². The van der Waals surface area contributed by atoms with E-state index in [0.29, 0.717) is 19.3 Å². The summed E-state index contributed by atoms with van der Waals surface area (Å²) in [5.74, 6) is -0.936. The van der Waals surface area contributed by atoms with E-state index in [1.807, 2.05) is 0 Å². The van der Waals surface area contributed by atoms with Gasteiger partial charge in [0.2, 0.25) is 0 Å². The van der Waals surface area contributed by atoms with Gasteiger partial charge in [0.15, 0.2) is 6.10 Å². The number of esters is 3. The van der Waals surface area contributed by atoms with E-state index in [1.165, 1.54) is 103 Å². The smallest absolute Gasteiger partial charge is 0.306 e. The van der Waals surface area contributed by atoms with Crippen LogP contribution in [0.4, 0.5) is 0 Å². The van der Waals surface area contributed by atoms with E-state index >= 15 is 0 Å². The van der Waals surface area contributed by atoms with Gasteiger partial charge >= 0.3 is 17.9 Å². The Hall–Kier alpha value is -2.89. The molecule has 0 aromatic heterocycles. The molecular weight excluding hydrogens is 733 g/mol. The maximum atomic E-state index is 12.8. The number of ether oxygens (including phenoxy) is 3. The van der Waals surface area contributed by atoms with Crippen LogP contribution in [0.1, 0.15) is 239 Å². The highest BCUT2D eigenvalue weighted by molar-refractivity contribution is 5.71. The van der Waals surface area contributed by atoms with Crippen LogP contribution in [0, 0.1) is 0 Å². The third-order valence-electron chi connectivity index (χ3n) is 10.5. The van der Waals surface area contributed by atoms with Gasteiger partial charge in [0.1, 0.15) is 13.2 Å². The van der Waals surface area contributed by atoms with Gasteiger partial charge in [-0.3, -0.25) is 14.4 Å². The first kappa shape index (κ1) is 56.1. The van der Waals surface area contributed by atoms with Crippen LogP contribution in [0.15, 0.2) is 60.8 Å². The molecule has 0 heterocycles. The van der Waals surface area contributed by atoms with Crippen molar-refractivity contribution in [3.05, 3.63) is 60.8 Å². The van der Waals surface area contributed by atoms with Crippen LogP contribution in [0.2, 0.25) is 0 Å². The summed E-state index contributed by atoms with van der Waals surface area (Å²) in [5.41, 5.74) is 0. The number of allylic oxidation sites excluding steroid dienone is 10. The minimum Gasteiger partial charge on any atom is -0.462 e. The van der Waals surface area contributed by atoms with Crippen molar-refractivity contribution in [3.8, 4) is 0 Å². The predicted molar refractivity (Wildman–Crippen MR) is 251 cm³/mol. The molecule has 0 spiro atoms. The van der Waals surface area contributed by atoms with Crippen molar-refractivity contribution in [3.63, 3.8) is 0 Å². The second-order valence-corrected chi connectivity index (χ2v) is 16.3. The van der Waals surface area contributed by atoms with E-state index in [9.17, 15) is 14.4 Å². The molecule has 0 aliphatic carbocycles. The summed E-state index contributed by atoms with van der Waals surface area (Å²) in [6, 6.07) is 0. The third kappa shape index (κ3) is 46.0.